The van der Waals surface area contributed by atoms with Crippen LogP contribution in [0.15, 0.2) is 33.5 Å². The van der Waals surface area contributed by atoms with E-state index in [-0.39, 0.29) is 24.2 Å². The van der Waals surface area contributed by atoms with Crippen LogP contribution < -0.4 is 21.3 Å². The maximum atomic E-state index is 13.0. The number of rotatable bonds is 6. The summed E-state index contributed by atoms with van der Waals surface area (Å²) in [6.07, 6.45) is 0. The lowest BCUT2D eigenvalue weighted by Crippen LogP contribution is -2.44. The van der Waals surface area contributed by atoms with E-state index in [9.17, 15) is 23.9 Å². The van der Waals surface area contributed by atoms with Crippen LogP contribution in [-0.4, -0.2) is 32.0 Å². The first kappa shape index (κ1) is 21.6. The van der Waals surface area contributed by atoms with Crippen molar-refractivity contribution in [3.8, 4) is 5.75 Å². The molecular formula is C19H18FN6O5-. The summed E-state index contributed by atoms with van der Waals surface area (Å²) < 4.78 is 18.0. The summed E-state index contributed by atoms with van der Waals surface area (Å²) >= 11 is 0. The normalized spacial score (nSPS) is 11.2. The Balaban J connectivity index is 1.82. The third-order valence-corrected chi connectivity index (χ3v) is 4.20. The molecule has 2 heterocycles. The van der Waals surface area contributed by atoms with Crippen LogP contribution in [0.1, 0.15) is 52.3 Å². The Kier molecular flexibility index (Phi) is 5.81. The molecule has 3 aromatic rings. The number of hydrogen-bond acceptors (Lipinski definition) is 8. The van der Waals surface area contributed by atoms with Crippen molar-refractivity contribution < 1.29 is 23.5 Å². The lowest BCUT2D eigenvalue weighted by molar-refractivity contribution is -0.271. The highest BCUT2D eigenvalue weighted by molar-refractivity contribution is 5.94. The van der Waals surface area contributed by atoms with Gasteiger partial charge in [-0.05, 0) is 37.3 Å². The number of H-pyrrole nitrogens is 1. The van der Waals surface area contributed by atoms with Crippen LogP contribution in [0.2, 0.25) is 0 Å². The summed E-state index contributed by atoms with van der Waals surface area (Å²) in [7, 11) is 0. The summed E-state index contributed by atoms with van der Waals surface area (Å²) in [5, 5.41) is 24.3. The Morgan fingerprint density at radius 3 is 2.48 bits per heavy atom. The second-order valence-corrected chi connectivity index (χ2v) is 7.11. The zero-order valence-electron chi connectivity index (χ0n) is 16.8. The SMILES string of the molecule is Cc1nnc(C(=O)NC(C)(C)c2nc(C(=O)NCc3ccc(F)cc3)c([O-])c(=O)[nH]2)o1. The number of aromatic amines is 1. The lowest BCUT2D eigenvalue weighted by atomic mass is 10.0. The van der Waals surface area contributed by atoms with Crippen LogP contribution in [0.25, 0.3) is 0 Å². The minimum atomic E-state index is -1.31. The summed E-state index contributed by atoms with van der Waals surface area (Å²) in [4.78, 5) is 43.1. The average Bonchev–Trinajstić information content (AvgIpc) is 3.15. The Hall–Kier alpha value is -4.09. The molecular weight excluding hydrogens is 411 g/mol. The smallest absolute Gasteiger partial charge is 0.309 e. The monoisotopic (exact) mass is 429 g/mol. The number of halogens is 1. The second kappa shape index (κ2) is 8.34. The van der Waals surface area contributed by atoms with Gasteiger partial charge in [0, 0.05) is 13.5 Å². The molecule has 0 spiro atoms. The summed E-state index contributed by atoms with van der Waals surface area (Å²) in [5.41, 5.74) is -2.45. The molecule has 1 aromatic carbocycles. The van der Waals surface area contributed by atoms with E-state index in [0.717, 1.165) is 0 Å². The van der Waals surface area contributed by atoms with Crippen molar-refractivity contribution in [3.63, 3.8) is 0 Å². The molecule has 0 aliphatic heterocycles. The molecule has 0 saturated carbocycles. The van der Waals surface area contributed by atoms with E-state index in [1.165, 1.54) is 45.0 Å². The van der Waals surface area contributed by atoms with Gasteiger partial charge in [-0.25, -0.2) is 9.37 Å². The predicted octanol–water partition coefficient (Wildman–Crippen LogP) is 0.269. The van der Waals surface area contributed by atoms with Crippen molar-refractivity contribution in [2.24, 2.45) is 0 Å². The molecule has 0 fully saturated rings. The molecule has 162 valence electrons. The molecule has 11 nitrogen and oxygen atoms in total. The van der Waals surface area contributed by atoms with Gasteiger partial charge in [0.05, 0.1) is 5.54 Å². The van der Waals surface area contributed by atoms with Crippen molar-refractivity contribution in [2.45, 2.75) is 32.9 Å². The van der Waals surface area contributed by atoms with Gasteiger partial charge in [-0.15, -0.1) is 10.2 Å². The van der Waals surface area contributed by atoms with Gasteiger partial charge >= 0.3 is 11.8 Å². The standard InChI is InChI=1S/C19H19FN6O5/c1-9-25-26-17(31-9)16(30)24-19(2,3)18-22-12(13(27)15(29)23-18)14(28)21-8-10-4-6-11(20)7-5-10/h4-7,27H,8H2,1-3H3,(H,21,28)(H,24,30)(H,22,23,29)/p-1. The minimum Gasteiger partial charge on any atom is -0.867 e. The van der Waals surface area contributed by atoms with Gasteiger partial charge in [0.25, 0.3) is 5.91 Å². The lowest BCUT2D eigenvalue weighted by Gasteiger charge is -2.25. The number of carbonyl (C=O) groups is 2. The molecule has 31 heavy (non-hydrogen) atoms. The first-order valence-corrected chi connectivity index (χ1v) is 9.04. The van der Waals surface area contributed by atoms with Crippen molar-refractivity contribution in [2.75, 3.05) is 0 Å². The van der Waals surface area contributed by atoms with E-state index < -0.39 is 40.2 Å². The number of carbonyl (C=O) groups excluding carboxylic acids is 2. The third-order valence-electron chi connectivity index (χ3n) is 4.20. The number of aryl methyl sites for hydroxylation is 1. The molecule has 3 rings (SSSR count). The predicted molar refractivity (Wildman–Crippen MR) is 101 cm³/mol. The Morgan fingerprint density at radius 2 is 1.87 bits per heavy atom. The van der Waals surface area contributed by atoms with Crippen molar-refractivity contribution in [3.05, 3.63) is 69.3 Å². The molecule has 2 amide bonds. The topological polar surface area (TPSA) is 166 Å². The molecule has 12 heteroatoms. The molecule has 0 aliphatic rings. The molecule has 0 aliphatic carbocycles. The highest BCUT2D eigenvalue weighted by atomic mass is 19.1. The molecule has 0 radical (unpaired) electrons. The van der Waals surface area contributed by atoms with Gasteiger partial charge in [-0.3, -0.25) is 14.4 Å². The fourth-order valence-corrected chi connectivity index (χ4v) is 2.57. The quantitative estimate of drug-likeness (QED) is 0.502. The number of hydrogen-bond donors (Lipinski definition) is 3. The van der Waals surface area contributed by atoms with Crippen LogP contribution in [0.5, 0.6) is 5.75 Å². The highest BCUT2D eigenvalue weighted by Crippen LogP contribution is 2.18. The number of aromatic nitrogens is 4. The van der Waals surface area contributed by atoms with Crippen LogP contribution in [-0.2, 0) is 12.1 Å². The molecule has 0 saturated heterocycles. The largest absolute Gasteiger partial charge is 0.867 e. The Bertz CT molecular complexity index is 1190. The maximum Gasteiger partial charge on any atom is 0.309 e. The van der Waals surface area contributed by atoms with Crippen LogP contribution in [0.4, 0.5) is 4.39 Å². The van der Waals surface area contributed by atoms with Gasteiger partial charge in [-0.2, -0.15) is 0 Å². The van der Waals surface area contributed by atoms with Crippen LogP contribution in [0, 0.1) is 12.7 Å². The van der Waals surface area contributed by atoms with Gasteiger partial charge in [0.15, 0.2) is 0 Å². The molecule has 0 atom stereocenters. The third kappa shape index (κ3) is 4.91. The average molecular weight is 429 g/mol. The van der Waals surface area contributed by atoms with Crippen molar-refractivity contribution >= 4 is 11.8 Å². The Labute approximate surface area is 174 Å². The van der Waals surface area contributed by atoms with E-state index in [1.54, 1.807) is 0 Å². The van der Waals surface area contributed by atoms with Gasteiger partial charge in [-0.1, -0.05) is 12.1 Å². The number of nitrogens with zero attached hydrogens (tertiary/aromatic N) is 3. The Morgan fingerprint density at radius 1 is 1.19 bits per heavy atom. The van der Waals surface area contributed by atoms with E-state index >= 15 is 0 Å². The summed E-state index contributed by atoms with van der Waals surface area (Å²) in [6, 6.07) is 5.37. The van der Waals surface area contributed by atoms with Gasteiger partial charge < -0.3 is 25.1 Å². The molecule has 0 bridgehead atoms. The summed E-state index contributed by atoms with van der Waals surface area (Å²) in [6.45, 7) is 4.49. The first-order chi connectivity index (χ1) is 14.6. The zero-order valence-corrected chi connectivity index (χ0v) is 16.8. The summed E-state index contributed by atoms with van der Waals surface area (Å²) in [5.74, 6) is -3.43. The number of amides is 2. The van der Waals surface area contributed by atoms with E-state index in [4.69, 9.17) is 4.42 Å². The van der Waals surface area contributed by atoms with Crippen LogP contribution >= 0.6 is 0 Å². The fraction of sp³-hybridized carbons (Fsp3) is 0.263. The minimum absolute atomic E-state index is 0.0149. The van der Waals surface area contributed by atoms with Crippen LogP contribution in [0.3, 0.4) is 0 Å². The second-order valence-electron chi connectivity index (χ2n) is 7.11. The molecule has 0 unspecified atom stereocenters. The zero-order chi connectivity index (χ0) is 22.8. The van der Waals surface area contributed by atoms with E-state index in [2.05, 4.69) is 30.8 Å². The number of nitrogens with one attached hydrogen (secondary N) is 3. The van der Waals surface area contributed by atoms with Crippen molar-refractivity contribution in [1.29, 1.82) is 0 Å². The van der Waals surface area contributed by atoms with Crippen molar-refractivity contribution in [1.82, 2.24) is 30.8 Å². The van der Waals surface area contributed by atoms with E-state index in [0.29, 0.717) is 5.56 Å². The van der Waals surface area contributed by atoms with Gasteiger partial charge in [0.1, 0.15) is 17.3 Å². The highest BCUT2D eigenvalue weighted by Gasteiger charge is 2.29. The maximum absolute atomic E-state index is 13.0. The van der Waals surface area contributed by atoms with E-state index in [1.807, 2.05) is 0 Å². The molecule has 2 aromatic heterocycles. The number of benzene rings is 1. The molecule has 3 N–H and O–H groups in total. The first-order valence-electron chi connectivity index (χ1n) is 9.04. The van der Waals surface area contributed by atoms with Gasteiger partial charge in [0.2, 0.25) is 11.4 Å². The fourth-order valence-electron chi connectivity index (χ4n) is 2.57.